The van der Waals surface area contributed by atoms with Crippen molar-refractivity contribution in [2.75, 3.05) is 13.1 Å². The zero-order valence-electron chi connectivity index (χ0n) is 9.24. The Morgan fingerprint density at radius 3 is 3.06 bits per heavy atom. The molecule has 0 amide bonds. The molecule has 0 spiro atoms. The predicted molar refractivity (Wildman–Crippen MR) is 64.8 cm³/mol. The summed E-state index contributed by atoms with van der Waals surface area (Å²) in [6.07, 6.45) is 3.39. The third-order valence-corrected chi connectivity index (χ3v) is 4.13. The van der Waals surface area contributed by atoms with Gasteiger partial charge in [-0.1, -0.05) is 0 Å². The Morgan fingerprint density at radius 2 is 2.50 bits per heavy atom. The van der Waals surface area contributed by atoms with E-state index in [0.29, 0.717) is 6.54 Å². The SMILES string of the molecule is O=C(O)C1(CCc2ccsc2)CCCNC1. The van der Waals surface area contributed by atoms with Gasteiger partial charge in [-0.3, -0.25) is 4.79 Å². The summed E-state index contributed by atoms with van der Waals surface area (Å²) in [5, 5.41) is 16.7. The molecule has 1 atom stereocenters. The second-order valence-electron chi connectivity index (χ2n) is 4.50. The number of carbonyl (C=O) groups is 1. The van der Waals surface area contributed by atoms with Crippen LogP contribution in [0.15, 0.2) is 16.8 Å². The van der Waals surface area contributed by atoms with Crippen LogP contribution in [0, 0.1) is 5.41 Å². The van der Waals surface area contributed by atoms with E-state index in [1.54, 1.807) is 11.3 Å². The normalized spacial score (nSPS) is 25.5. The van der Waals surface area contributed by atoms with Gasteiger partial charge in [0.05, 0.1) is 5.41 Å². The molecule has 3 nitrogen and oxygen atoms in total. The van der Waals surface area contributed by atoms with E-state index in [4.69, 9.17) is 0 Å². The van der Waals surface area contributed by atoms with Gasteiger partial charge in [-0.2, -0.15) is 11.3 Å². The first-order valence-electron chi connectivity index (χ1n) is 5.68. The quantitative estimate of drug-likeness (QED) is 0.846. The molecule has 1 fully saturated rings. The van der Waals surface area contributed by atoms with E-state index in [9.17, 15) is 9.90 Å². The van der Waals surface area contributed by atoms with Crippen LogP contribution in [0.3, 0.4) is 0 Å². The van der Waals surface area contributed by atoms with Gasteiger partial charge in [-0.15, -0.1) is 0 Å². The van der Waals surface area contributed by atoms with Crippen molar-refractivity contribution in [2.24, 2.45) is 5.41 Å². The van der Waals surface area contributed by atoms with Gasteiger partial charge in [0.25, 0.3) is 0 Å². The van der Waals surface area contributed by atoms with Crippen LogP contribution in [0.25, 0.3) is 0 Å². The first-order chi connectivity index (χ1) is 7.73. The van der Waals surface area contributed by atoms with Gasteiger partial charge in [-0.05, 0) is 54.6 Å². The Kier molecular flexibility index (Phi) is 3.61. The zero-order valence-corrected chi connectivity index (χ0v) is 10.1. The predicted octanol–water partition coefficient (Wildman–Crippen LogP) is 2.14. The third kappa shape index (κ3) is 2.44. The number of thiophene rings is 1. The highest BCUT2D eigenvalue weighted by molar-refractivity contribution is 7.07. The lowest BCUT2D eigenvalue weighted by Gasteiger charge is -2.33. The summed E-state index contributed by atoms with van der Waals surface area (Å²) in [7, 11) is 0. The Morgan fingerprint density at radius 1 is 1.62 bits per heavy atom. The molecule has 88 valence electrons. The molecule has 1 aliphatic rings. The number of aliphatic carboxylic acids is 1. The second kappa shape index (κ2) is 4.97. The monoisotopic (exact) mass is 239 g/mol. The van der Waals surface area contributed by atoms with Crippen molar-refractivity contribution in [3.05, 3.63) is 22.4 Å². The molecule has 2 heterocycles. The van der Waals surface area contributed by atoms with E-state index >= 15 is 0 Å². The highest BCUT2D eigenvalue weighted by Crippen LogP contribution is 2.32. The molecule has 1 saturated heterocycles. The summed E-state index contributed by atoms with van der Waals surface area (Å²) in [5.41, 5.74) is 0.719. The van der Waals surface area contributed by atoms with Gasteiger partial charge in [0.2, 0.25) is 0 Å². The molecule has 1 aromatic rings. The number of carboxylic acid groups (broad SMARTS) is 1. The average molecular weight is 239 g/mol. The van der Waals surface area contributed by atoms with E-state index in [-0.39, 0.29) is 0 Å². The van der Waals surface area contributed by atoms with Crippen LogP contribution in [0.2, 0.25) is 0 Å². The largest absolute Gasteiger partial charge is 0.481 e. The van der Waals surface area contributed by atoms with Crippen molar-refractivity contribution in [2.45, 2.75) is 25.7 Å². The number of carboxylic acids is 1. The fraction of sp³-hybridized carbons (Fsp3) is 0.583. The Hall–Kier alpha value is -0.870. The smallest absolute Gasteiger partial charge is 0.310 e. The van der Waals surface area contributed by atoms with Crippen LogP contribution < -0.4 is 5.32 Å². The molecule has 1 unspecified atom stereocenters. The summed E-state index contributed by atoms with van der Waals surface area (Å²) < 4.78 is 0. The molecule has 2 N–H and O–H groups in total. The molecule has 0 aliphatic carbocycles. The van der Waals surface area contributed by atoms with Gasteiger partial charge in [0.1, 0.15) is 0 Å². The summed E-state index contributed by atoms with van der Waals surface area (Å²) in [5.74, 6) is -0.644. The van der Waals surface area contributed by atoms with Gasteiger partial charge in [0, 0.05) is 6.54 Å². The third-order valence-electron chi connectivity index (χ3n) is 3.40. The topological polar surface area (TPSA) is 49.3 Å². The van der Waals surface area contributed by atoms with E-state index in [2.05, 4.69) is 16.8 Å². The minimum Gasteiger partial charge on any atom is -0.481 e. The summed E-state index contributed by atoms with van der Waals surface area (Å²) in [4.78, 5) is 11.4. The minimum atomic E-state index is -0.644. The van der Waals surface area contributed by atoms with E-state index in [1.165, 1.54) is 5.56 Å². The molecule has 0 radical (unpaired) electrons. The van der Waals surface area contributed by atoms with Crippen LogP contribution in [0.4, 0.5) is 0 Å². The number of piperidine rings is 1. The molecule has 0 aromatic carbocycles. The number of nitrogens with one attached hydrogen (secondary N) is 1. The Bertz CT molecular complexity index is 342. The molecule has 1 aliphatic heterocycles. The lowest BCUT2D eigenvalue weighted by molar-refractivity contribution is -0.150. The molecule has 0 bridgehead atoms. The number of hydrogen-bond donors (Lipinski definition) is 2. The van der Waals surface area contributed by atoms with E-state index in [0.717, 1.165) is 32.2 Å². The maximum Gasteiger partial charge on any atom is 0.310 e. The first-order valence-corrected chi connectivity index (χ1v) is 6.62. The Balaban J connectivity index is 2.00. The fourth-order valence-corrected chi connectivity index (χ4v) is 2.99. The maximum absolute atomic E-state index is 11.4. The lowest BCUT2D eigenvalue weighted by atomic mass is 9.76. The number of hydrogen-bond acceptors (Lipinski definition) is 3. The minimum absolute atomic E-state index is 0.541. The molecule has 16 heavy (non-hydrogen) atoms. The van der Waals surface area contributed by atoms with Gasteiger partial charge >= 0.3 is 5.97 Å². The Labute approximate surface area is 99.5 Å². The molecule has 0 saturated carbocycles. The highest BCUT2D eigenvalue weighted by Gasteiger charge is 2.39. The summed E-state index contributed by atoms with van der Waals surface area (Å²) in [6, 6.07) is 2.08. The van der Waals surface area contributed by atoms with Gasteiger partial charge in [-0.25, -0.2) is 0 Å². The summed E-state index contributed by atoms with van der Waals surface area (Å²) in [6.45, 7) is 1.57. The lowest BCUT2D eigenvalue weighted by Crippen LogP contribution is -2.45. The average Bonchev–Trinajstić information content (AvgIpc) is 2.80. The molecular formula is C12H17NO2S. The second-order valence-corrected chi connectivity index (χ2v) is 5.28. The maximum atomic E-state index is 11.4. The van der Waals surface area contributed by atoms with Crippen LogP contribution >= 0.6 is 11.3 Å². The van der Waals surface area contributed by atoms with Crippen molar-refractivity contribution in [3.63, 3.8) is 0 Å². The van der Waals surface area contributed by atoms with Crippen LogP contribution in [0.1, 0.15) is 24.8 Å². The van der Waals surface area contributed by atoms with Crippen LogP contribution in [-0.4, -0.2) is 24.2 Å². The first kappa shape index (κ1) is 11.6. The van der Waals surface area contributed by atoms with E-state index in [1.807, 2.05) is 5.38 Å². The van der Waals surface area contributed by atoms with Crippen molar-refractivity contribution in [3.8, 4) is 0 Å². The molecule has 2 rings (SSSR count). The van der Waals surface area contributed by atoms with Crippen molar-refractivity contribution in [1.29, 1.82) is 0 Å². The highest BCUT2D eigenvalue weighted by atomic mass is 32.1. The summed E-state index contributed by atoms with van der Waals surface area (Å²) >= 11 is 1.67. The molecular weight excluding hydrogens is 222 g/mol. The zero-order chi connectivity index (χ0) is 11.4. The van der Waals surface area contributed by atoms with E-state index < -0.39 is 11.4 Å². The van der Waals surface area contributed by atoms with Gasteiger partial charge < -0.3 is 10.4 Å². The number of rotatable bonds is 4. The molecule has 4 heteroatoms. The van der Waals surface area contributed by atoms with Gasteiger partial charge in [0.15, 0.2) is 0 Å². The number of aryl methyl sites for hydroxylation is 1. The van der Waals surface area contributed by atoms with Crippen molar-refractivity contribution in [1.82, 2.24) is 5.32 Å². The standard InChI is InChI=1S/C12H17NO2S/c14-11(15)12(4-1-6-13-9-12)5-2-10-3-7-16-8-10/h3,7-8,13H,1-2,4-6,9H2,(H,14,15). The fourth-order valence-electron chi connectivity index (χ4n) is 2.29. The van der Waals surface area contributed by atoms with Crippen LogP contribution in [0.5, 0.6) is 0 Å². The molecule has 1 aromatic heterocycles. The van der Waals surface area contributed by atoms with Crippen molar-refractivity contribution < 1.29 is 9.90 Å². The van der Waals surface area contributed by atoms with Crippen LogP contribution in [-0.2, 0) is 11.2 Å². The van der Waals surface area contributed by atoms with Crippen molar-refractivity contribution >= 4 is 17.3 Å².